The predicted molar refractivity (Wildman–Crippen MR) is 79.1 cm³/mol. The molecule has 2 heteroatoms. The minimum atomic E-state index is 1.18. The number of pyridine rings is 1. The lowest BCUT2D eigenvalue weighted by Gasteiger charge is -2.17. The highest BCUT2D eigenvalue weighted by molar-refractivity contribution is 5.74. The highest BCUT2D eigenvalue weighted by Gasteiger charge is 2.23. The van der Waals surface area contributed by atoms with Gasteiger partial charge in [-0.1, -0.05) is 24.3 Å². The minimum Gasteiger partial charge on any atom is -0.236 e. The second kappa shape index (κ2) is 4.73. The van der Waals surface area contributed by atoms with Gasteiger partial charge in [-0.25, -0.2) is 4.57 Å². The van der Waals surface area contributed by atoms with Crippen LogP contribution < -0.4 is 9.47 Å². The Hall–Kier alpha value is -2.35. The maximum Gasteiger partial charge on any atom is 0.293 e. The van der Waals surface area contributed by atoms with Crippen LogP contribution in [0.4, 0.5) is 11.5 Å². The Morgan fingerprint density at radius 2 is 1.84 bits per heavy atom. The Labute approximate surface area is 113 Å². The van der Waals surface area contributed by atoms with Crippen molar-refractivity contribution in [2.45, 2.75) is 6.92 Å². The molecule has 0 unspecified atom stereocenters. The highest BCUT2D eigenvalue weighted by Crippen LogP contribution is 2.30. The fraction of sp³-hybridized carbons (Fsp3) is 0.118. The number of nitrogens with zero attached hydrogens (tertiary/aromatic N) is 2. The van der Waals surface area contributed by atoms with Gasteiger partial charge in [0.25, 0.3) is 5.82 Å². The number of hydrogen-bond donors (Lipinski definition) is 0. The number of anilines is 2. The normalized spacial score (nSPS) is 13.3. The summed E-state index contributed by atoms with van der Waals surface area (Å²) < 4.78 is 2.15. The number of benzene rings is 1. The number of fused-ring (bicyclic) bond motifs is 1. The van der Waals surface area contributed by atoms with Crippen molar-refractivity contribution >= 4 is 17.6 Å². The highest BCUT2D eigenvalue weighted by atomic mass is 15.2. The average molecular weight is 249 g/mol. The number of allylic oxidation sites excluding steroid dienone is 2. The molecule has 2 heterocycles. The summed E-state index contributed by atoms with van der Waals surface area (Å²) in [7, 11) is 2.08. The molecule has 3 rings (SSSR count). The van der Waals surface area contributed by atoms with Crippen molar-refractivity contribution in [3.63, 3.8) is 0 Å². The van der Waals surface area contributed by atoms with Gasteiger partial charge >= 0.3 is 0 Å². The zero-order valence-corrected chi connectivity index (χ0v) is 11.2. The molecule has 0 saturated heterocycles. The Bertz CT molecular complexity index is 669. The molecule has 0 fully saturated rings. The number of aryl methyl sites for hydroxylation is 2. The molecule has 0 N–H and O–H groups in total. The molecule has 2 nitrogen and oxygen atoms in total. The summed E-state index contributed by atoms with van der Waals surface area (Å²) in [4.78, 5) is 2.24. The van der Waals surface area contributed by atoms with E-state index in [9.17, 15) is 0 Å². The number of aromatic nitrogens is 1. The Kier molecular flexibility index (Phi) is 2.92. The van der Waals surface area contributed by atoms with E-state index in [0.717, 1.165) is 0 Å². The molecule has 0 amide bonds. The third kappa shape index (κ3) is 2.06. The van der Waals surface area contributed by atoms with E-state index in [0.29, 0.717) is 0 Å². The summed E-state index contributed by atoms with van der Waals surface area (Å²) in [5, 5.41) is 0. The molecule has 0 spiro atoms. The van der Waals surface area contributed by atoms with Gasteiger partial charge in [0.15, 0.2) is 0 Å². The largest absolute Gasteiger partial charge is 0.293 e. The van der Waals surface area contributed by atoms with Crippen LogP contribution >= 0.6 is 0 Å². The van der Waals surface area contributed by atoms with Crippen molar-refractivity contribution in [2.24, 2.45) is 7.05 Å². The van der Waals surface area contributed by atoms with Gasteiger partial charge in [-0.15, -0.1) is 0 Å². The maximum absolute atomic E-state index is 2.24. The first-order valence-electron chi connectivity index (χ1n) is 6.46. The first-order chi connectivity index (χ1) is 9.27. The number of para-hydroxylation sites is 1. The van der Waals surface area contributed by atoms with Gasteiger partial charge in [-0.05, 0) is 42.8 Å². The van der Waals surface area contributed by atoms with Crippen LogP contribution in [0.15, 0.2) is 60.9 Å². The van der Waals surface area contributed by atoms with Crippen molar-refractivity contribution in [3.8, 4) is 0 Å². The summed E-state index contributed by atoms with van der Waals surface area (Å²) >= 11 is 0. The summed E-state index contributed by atoms with van der Waals surface area (Å²) in [6.07, 6.45) is 10.5. The van der Waals surface area contributed by atoms with Crippen molar-refractivity contribution < 1.29 is 4.57 Å². The van der Waals surface area contributed by atoms with E-state index >= 15 is 0 Å². The number of hydrogen-bond acceptors (Lipinski definition) is 1. The van der Waals surface area contributed by atoms with Crippen LogP contribution in [0.25, 0.3) is 6.08 Å². The second-order valence-electron chi connectivity index (χ2n) is 4.76. The Morgan fingerprint density at radius 1 is 1.00 bits per heavy atom. The summed E-state index contributed by atoms with van der Waals surface area (Å²) in [5.74, 6) is 1.18. The molecule has 2 aromatic rings. The van der Waals surface area contributed by atoms with Crippen LogP contribution in [0, 0.1) is 6.92 Å². The molecule has 0 saturated carbocycles. The van der Waals surface area contributed by atoms with E-state index in [-0.39, 0.29) is 0 Å². The van der Waals surface area contributed by atoms with Gasteiger partial charge in [0.2, 0.25) is 0 Å². The molecule has 1 aromatic heterocycles. The lowest BCUT2D eigenvalue weighted by molar-refractivity contribution is -0.658. The lowest BCUT2D eigenvalue weighted by Crippen LogP contribution is -2.35. The molecule has 1 aliphatic heterocycles. The van der Waals surface area contributed by atoms with E-state index < -0.39 is 0 Å². The zero-order chi connectivity index (χ0) is 13.2. The van der Waals surface area contributed by atoms with Crippen LogP contribution in [-0.4, -0.2) is 0 Å². The summed E-state index contributed by atoms with van der Waals surface area (Å²) in [5.41, 5.74) is 3.70. The third-order valence-corrected chi connectivity index (χ3v) is 3.40. The maximum atomic E-state index is 2.24. The quantitative estimate of drug-likeness (QED) is 0.702. The van der Waals surface area contributed by atoms with E-state index in [1.165, 1.54) is 22.6 Å². The van der Waals surface area contributed by atoms with E-state index in [1.54, 1.807) is 0 Å². The van der Waals surface area contributed by atoms with E-state index in [4.69, 9.17) is 0 Å². The first-order valence-corrected chi connectivity index (χ1v) is 6.46. The van der Waals surface area contributed by atoms with Crippen molar-refractivity contribution in [3.05, 3.63) is 72.1 Å². The SMILES string of the molecule is Cc1ccccc1N1C=CC=Cc2ccc[n+](C)c21. The lowest BCUT2D eigenvalue weighted by atomic mass is 10.1. The van der Waals surface area contributed by atoms with Gasteiger partial charge in [-0.3, -0.25) is 0 Å². The van der Waals surface area contributed by atoms with Gasteiger partial charge in [0.1, 0.15) is 5.69 Å². The monoisotopic (exact) mass is 249 g/mol. The van der Waals surface area contributed by atoms with E-state index in [2.05, 4.69) is 90.5 Å². The molecular formula is C17H17N2+. The molecule has 0 atom stereocenters. The van der Waals surface area contributed by atoms with Gasteiger partial charge in [-0.2, -0.15) is 4.90 Å². The molecule has 94 valence electrons. The standard InChI is InChI=1S/C17H17N2/c1-14-8-3-4-11-16(14)19-13-6-5-9-15-10-7-12-18(2)17(15)19/h3-13H,1-2H3/q+1. The Morgan fingerprint density at radius 3 is 2.68 bits per heavy atom. The van der Waals surface area contributed by atoms with Crippen molar-refractivity contribution in [2.75, 3.05) is 4.90 Å². The fourth-order valence-electron chi connectivity index (χ4n) is 2.46. The van der Waals surface area contributed by atoms with Gasteiger partial charge < -0.3 is 0 Å². The van der Waals surface area contributed by atoms with Crippen LogP contribution in [0.3, 0.4) is 0 Å². The van der Waals surface area contributed by atoms with Crippen molar-refractivity contribution in [1.29, 1.82) is 0 Å². The molecule has 0 bridgehead atoms. The first kappa shape index (κ1) is 11.7. The third-order valence-electron chi connectivity index (χ3n) is 3.40. The fourth-order valence-corrected chi connectivity index (χ4v) is 2.46. The smallest absolute Gasteiger partial charge is 0.236 e. The molecule has 0 aliphatic carbocycles. The van der Waals surface area contributed by atoms with Crippen LogP contribution in [0.5, 0.6) is 0 Å². The van der Waals surface area contributed by atoms with Gasteiger partial charge in [0.05, 0.1) is 25.0 Å². The predicted octanol–water partition coefficient (Wildman–Crippen LogP) is 3.50. The topological polar surface area (TPSA) is 7.12 Å². The second-order valence-corrected chi connectivity index (χ2v) is 4.76. The molecule has 0 radical (unpaired) electrons. The van der Waals surface area contributed by atoms with Crippen LogP contribution in [-0.2, 0) is 7.05 Å². The van der Waals surface area contributed by atoms with E-state index in [1.807, 2.05) is 0 Å². The average Bonchev–Trinajstić information content (AvgIpc) is 2.63. The molecule has 1 aromatic carbocycles. The van der Waals surface area contributed by atoms with Crippen molar-refractivity contribution in [1.82, 2.24) is 0 Å². The number of rotatable bonds is 1. The molecule has 19 heavy (non-hydrogen) atoms. The van der Waals surface area contributed by atoms with Crippen LogP contribution in [0.2, 0.25) is 0 Å². The summed E-state index contributed by atoms with van der Waals surface area (Å²) in [6, 6.07) is 12.7. The molecule has 1 aliphatic rings. The summed E-state index contributed by atoms with van der Waals surface area (Å²) in [6.45, 7) is 2.14. The minimum absolute atomic E-state index is 1.18. The van der Waals surface area contributed by atoms with Crippen LogP contribution in [0.1, 0.15) is 11.1 Å². The molecular weight excluding hydrogens is 232 g/mol. The zero-order valence-electron chi connectivity index (χ0n) is 11.2. The Balaban J connectivity index is 2.23. The van der Waals surface area contributed by atoms with Gasteiger partial charge in [0, 0.05) is 0 Å².